The quantitative estimate of drug-likeness (QED) is 0.923. The highest BCUT2D eigenvalue weighted by molar-refractivity contribution is 6.31. The molecule has 1 heterocycles. The van der Waals surface area contributed by atoms with E-state index >= 15 is 0 Å². The number of aryl methyl sites for hydroxylation is 1. The number of imidazole rings is 1. The first-order valence-corrected chi connectivity index (χ1v) is 6.15. The van der Waals surface area contributed by atoms with Gasteiger partial charge in [-0.15, -0.1) is 0 Å². The second kappa shape index (κ2) is 5.50. The fraction of sp³-hybridized carbons (Fsp3) is 0.308. The first-order valence-electron chi connectivity index (χ1n) is 5.78. The summed E-state index contributed by atoms with van der Waals surface area (Å²) in [6.07, 6.45) is 3.47. The fourth-order valence-corrected chi connectivity index (χ4v) is 2.19. The van der Waals surface area contributed by atoms with E-state index in [-0.39, 0.29) is 11.9 Å². The summed E-state index contributed by atoms with van der Waals surface area (Å²) >= 11 is 6.16. The standard InChI is InChI=1S/C13H15ClFN3/c1-3-17-13(12-7-16-8-18(12)2)10-6-9(15)4-5-11(10)14/h4-8,13,17H,3H2,1-2H3. The van der Waals surface area contributed by atoms with Crippen molar-refractivity contribution in [3.63, 3.8) is 0 Å². The minimum absolute atomic E-state index is 0.161. The number of benzene rings is 1. The van der Waals surface area contributed by atoms with Gasteiger partial charge in [-0.3, -0.25) is 0 Å². The Bertz CT molecular complexity index is 539. The molecule has 18 heavy (non-hydrogen) atoms. The second-order valence-corrected chi connectivity index (χ2v) is 4.49. The van der Waals surface area contributed by atoms with E-state index in [1.54, 1.807) is 18.6 Å². The van der Waals surface area contributed by atoms with E-state index in [1.807, 2.05) is 18.5 Å². The van der Waals surface area contributed by atoms with E-state index in [0.29, 0.717) is 5.02 Å². The van der Waals surface area contributed by atoms with Crippen molar-refractivity contribution in [2.45, 2.75) is 13.0 Å². The molecule has 5 heteroatoms. The van der Waals surface area contributed by atoms with E-state index in [9.17, 15) is 4.39 Å². The number of aromatic nitrogens is 2. The number of nitrogens with one attached hydrogen (secondary N) is 1. The van der Waals surface area contributed by atoms with Crippen LogP contribution in [0.2, 0.25) is 5.02 Å². The van der Waals surface area contributed by atoms with Gasteiger partial charge in [0.2, 0.25) is 0 Å². The van der Waals surface area contributed by atoms with Gasteiger partial charge in [0.1, 0.15) is 5.82 Å². The molecule has 2 aromatic rings. The van der Waals surface area contributed by atoms with E-state index < -0.39 is 0 Å². The molecular formula is C13H15ClFN3. The van der Waals surface area contributed by atoms with E-state index in [1.165, 1.54) is 12.1 Å². The van der Waals surface area contributed by atoms with Gasteiger partial charge in [0.05, 0.1) is 24.3 Å². The largest absolute Gasteiger partial charge is 0.336 e. The Balaban J connectivity index is 2.48. The molecule has 0 spiro atoms. The molecule has 1 unspecified atom stereocenters. The van der Waals surface area contributed by atoms with Crippen LogP contribution in [0.5, 0.6) is 0 Å². The van der Waals surface area contributed by atoms with Gasteiger partial charge in [0, 0.05) is 12.1 Å². The van der Waals surface area contributed by atoms with Crippen molar-refractivity contribution >= 4 is 11.6 Å². The lowest BCUT2D eigenvalue weighted by Gasteiger charge is -2.20. The summed E-state index contributed by atoms with van der Waals surface area (Å²) in [6.45, 7) is 2.75. The predicted octanol–water partition coefficient (Wildman–Crippen LogP) is 2.91. The Morgan fingerprint density at radius 2 is 2.28 bits per heavy atom. The highest BCUT2D eigenvalue weighted by Gasteiger charge is 2.19. The van der Waals surface area contributed by atoms with Crippen LogP contribution in [0.1, 0.15) is 24.2 Å². The van der Waals surface area contributed by atoms with Gasteiger partial charge in [-0.1, -0.05) is 18.5 Å². The maximum absolute atomic E-state index is 13.4. The number of halogens is 2. The molecule has 0 amide bonds. The van der Waals surface area contributed by atoms with Crippen molar-refractivity contribution in [2.24, 2.45) is 7.05 Å². The van der Waals surface area contributed by atoms with Gasteiger partial charge >= 0.3 is 0 Å². The molecule has 0 saturated heterocycles. The van der Waals surface area contributed by atoms with Crippen molar-refractivity contribution in [3.05, 3.63) is 52.8 Å². The zero-order valence-corrected chi connectivity index (χ0v) is 11.1. The summed E-state index contributed by atoms with van der Waals surface area (Å²) in [6, 6.07) is 4.24. The van der Waals surface area contributed by atoms with Gasteiger partial charge < -0.3 is 9.88 Å². The van der Waals surface area contributed by atoms with Crippen molar-refractivity contribution in [3.8, 4) is 0 Å². The van der Waals surface area contributed by atoms with Crippen LogP contribution in [0.15, 0.2) is 30.7 Å². The maximum Gasteiger partial charge on any atom is 0.123 e. The SMILES string of the molecule is CCNC(c1cc(F)ccc1Cl)c1cncn1C. The zero-order chi connectivity index (χ0) is 13.1. The smallest absolute Gasteiger partial charge is 0.123 e. The average molecular weight is 268 g/mol. The molecular weight excluding hydrogens is 253 g/mol. The third kappa shape index (κ3) is 2.54. The van der Waals surface area contributed by atoms with Crippen LogP contribution in [0.4, 0.5) is 4.39 Å². The van der Waals surface area contributed by atoms with Gasteiger partial charge in [0.15, 0.2) is 0 Å². The second-order valence-electron chi connectivity index (χ2n) is 4.09. The summed E-state index contributed by atoms with van der Waals surface area (Å²) in [5.41, 5.74) is 1.67. The van der Waals surface area contributed by atoms with Crippen LogP contribution in [0.25, 0.3) is 0 Å². The summed E-state index contributed by atoms with van der Waals surface area (Å²) in [5.74, 6) is -0.292. The minimum atomic E-state index is -0.292. The lowest BCUT2D eigenvalue weighted by atomic mass is 10.0. The summed E-state index contributed by atoms with van der Waals surface area (Å²) in [5, 5.41) is 3.84. The maximum atomic E-state index is 13.4. The summed E-state index contributed by atoms with van der Waals surface area (Å²) in [7, 11) is 1.90. The van der Waals surface area contributed by atoms with Crippen LogP contribution >= 0.6 is 11.6 Å². The van der Waals surface area contributed by atoms with E-state index in [2.05, 4.69) is 10.3 Å². The third-order valence-electron chi connectivity index (χ3n) is 2.83. The number of nitrogens with zero attached hydrogens (tertiary/aromatic N) is 2. The Morgan fingerprint density at radius 3 is 2.89 bits per heavy atom. The van der Waals surface area contributed by atoms with Crippen LogP contribution < -0.4 is 5.32 Å². The molecule has 96 valence electrons. The Hall–Kier alpha value is -1.39. The zero-order valence-electron chi connectivity index (χ0n) is 10.3. The monoisotopic (exact) mass is 267 g/mol. The van der Waals surface area contributed by atoms with Crippen LogP contribution in [-0.4, -0.2) is 16.1 Å². The fourth-order valence-electron chi connectivity index (χ4n) is 1.96. The van der Waals surface area contributed by atoms with Crippen LogP contribution in [0.3, 0.4) is 0 Å². The molecule has 1 aromatic carbocycles. The minimum Gasteiger partial charge on any atom is -0.336 e. The number of rotatable bonds is 4. The lowest BCUT2D eigenvalue weighted by molar-refractivity contribution is 0.581. The Labute approximate surface area is 111 Å². The average Bonchev–Trinajstić information content (AvgIpc) is 2.76. The van der Waals surface area contributed by atoms with Gasteiger partial charge in [-0.05, 0) is 30.3 Å². The van der Waals surface area contributed by atoms with Crippen LogP contribution in [-0.2, 0) is 7.05 Å². The molecule has 0 bridgehead atoms. The molecule has 1 N–H and O–H groups in total. The van der Waals surface area contributed by atoms with Gasteiger partial charge in [-0.25, -0.2) is 9.37 Å². The van der Waals surface area contributed by atoms with Crippen molar-refractivity contribution < 1.29 is 4.39 Å². The topological polar surface area (TPSA) is 29.9 Å². The predicted molar refractivity (Wildman–Crippen MR) is 70.1 cm³/mol. The molecule has 1 atom stereocenters. The normalized spacial score (nSPS) is 12.7. The van der Waals surface area contributed by atoms with E-state index in [0.717, 1.165) is 17.8 Å². The van der Waals surface area contributed by atoms with Gasteiger partial charge in [-0.2, -0.15) is 0 Å². The first kappa shape index (κ1) is 13.1. The Kier molecular flexibility index (Phi) is 3.99. The molecule has 0 aliphatic rings. The highest BCUT2D eigenvalue weighted by atomic mass is 35.5. The molecule has 2 rings (SSSR count). The number of hydrogen-bond donors (Lipinski definition) is 1. The Morgan fingerprint density at radius 1 is 1.50 bits per heavy atom. The molecule has 3 nitrogen and oxygen atoms in total. The molecule has 0 radical (unpaired) electrons. The number of hydrogen-bond acceptors (Lipinski definition) is 2. The molecule has 0 aliphatic carbocycles. The molecule has 1 aromatic heterocycles. The highest BCUT2D eigenvalue weighted by Crippen LogP contribution is 2.28. The molecule has 0 saturated carbocycles. The first-order chi connectivity index (χ1) is 8.63. The van der Waals surface area contributed by atoms with Crippen molar-refractivity contribution in [2.75, 3.05) is 6.54 Å². The molecule has 0 aliphatic heterocycles. The third-order valence-corrected chi connectivity index (χ3v) is 3.17. The molecule has 0 fully saturated rings. The van der Waals surface area contributed by atoms with Crippen molar-refractivity contribution in [1.29, 1.82) is 0 Å². The van der Waals surface area contributed by atoms with Crippen LogP contribution in [0, 0.1) is 5.82 Å². The van der Waals surface area contributed by atoms with E-state index in [4.69, 9.17) is 11.6 Å². The summed E-state index contributed by atoms with van der Waals surface area (Å²) < 4.78 is 15.3. The van der Waals surface area contributed by atoms with Gasteiger partial charge in [0.25, 0.3) is 0 Å². The van der Waals surface area contributed by atoms with Crippen molar-refractivity contribution in [1.82, 2.24) is 14.9 Å². The summed E-state index contributed by atoms with van der Waals surface area (Å²) in [4.78, 5) is 4.09. The lowest BCUT2D eigenvalue weighted by Crippen LogP contribution is -2.24.